The van der Waals surface area contributed by atoms with Crippen LogP contribution < -0.4 is 17.0 Å². The standard InChI is InChI=1S/C14H9N7O3/c15-5-8-9(6-2-1-3-7(4-6)21(23)24)10-12(18-11(8)16)19-14(17)20-13(10)22/h1-4H,(H5,16,17,18,19,20,22). The molecule has 5 N–H and O–H groups in total. The largest absolute Gasteiger partial charge is 0.383 e. The lowest BCUT2D eigenvalue weighted by Gasteiger charge is -2.10. The maximum Gasteiger partial charge on any atom is 0.270 e. The summed E-state index contributed by atoms with van der Waals surface area (Å²) in [6.07, 6.45) is 0. The molecule has 0 spiro atoms. The topological polar surface area (TPSA) is 178 Å². The number of hydrogen-bond acceptors (Lipinski definition) is 8. The first-order valence-electron chi connectivity index (χ1n) is 6.56. The molecule has 10 nitrogen and oxygen atoms in total. The van der Waals surface area contributed by atoms with Gasteiger partial charge in [0.05, 0.1) is 10.3 Å². The third kappa shape index (κ3) is 2.26. The minimum Gasteiger partial charge on any atom is -0.383 e. The third-order valence-electron chi connectivity index (χ3n) is 3.36. The van der Waals surface area contributed by atoms with Crippen LogP contribution in [-0.4, -0.2) is 19.9 Å². The second kappa shape index (κ2) is 5.33. The number of nitro benzene ring substituents is 1. The Morgan fingerprint density at radius 2 is 2.04 bits per heavy atom. The number of benzene rings is 1. The quantitative estimate of drug-likeness (QED) is 0.460. The van der Waals surface area contributed by atoms with E-state index in [9.17, 15) is 20.2 Å². The van der Waals surface area contributed by atoms with Crippen LogP contribution in [0.5, 0.6) is 0 Å². The van der Waals surface area contributed by atoms with E-state index in [4.69, 9.17) is 11.5 Å². The molecule has 0 saturated carbocycles. The summed E-state index contributed by atoms with van der Waals surface area (Å²) in [7, 11) is 0. The molecule has 0 aliphatic carbocycles. The molecule has 118 valence electrons. The molecule has 2 aromatic heterocycles. The summed E-state index contributed by atoms with van der Waals surface area (Å²) < 4.78 is 0. The van der Waals surface area contributed by atoms with Crippen molar-refractivity contribution in [1.82, 2.24) is 15.0 Å². The van der Waals surface area contributed by atoms with Crippen molar-refractivity contribution in [3.8, 4) is 17.2 Å². The SMILES string of the molecule is N#Cc1c(N)nc2nc(N)[nH]c(=O)c2c1-c1cccc([N+](=O)[O-])c1. The van der Waals surface area contributed by atoms with Gasteiger partial charge in [0.15, 0.2) is 5.65 Å². The zero-order valence-electron chi connectivity index (χ0n) is 12.0. The Labute approximate surface area is 133 Å². The van der Waals surface area contributed by atoms with Crippen LogP contribution in [0, 0.1) is 21.4 Å². The zero-order valence-corrected chi connectivity index (χ0v) is 12.0. The molecule has 0 fully saturated rings. The number of nitro groups is 1. The molecule has 0 unspecified atom stereocenters. The Morgan fingerprint density at radius 1 is 1.29 bits per heavy atom. The number of rotatable bonds is 2. The molecule has 3 aromatic rings. The first kappa shape index (κ1) is 14.9. The number of fused-ring (bicyclic) bond motifs is 1. The highest BCUT2D eigenvalue weighted by Gasteiger charge is 2.20. The zero-order chi connectivity index (χ0) is 17.4. The summed E-state index contributed by atoms with van der Waals surface area (Å²) in [6.45, 7) is 0. The number of aromatic amines is 1. The number of nitrogen functional groups attached to an aromatic ring is 2. The minimum absolute atomic E-state index is 0.0181. The number of pyridine rings is 1. The minimum atomic E-state index is -0.622. The van der Waals surface area contributed by atoms with Crippen LogP contribution in [0.4, 0.5) is 17.5 Å². The highest BCUT2D eigenvalue weighted by atomic mass is 16.6. The Kier molecular flexibility index (Phi) is 3.31. The molecule has 0 amide bonds. The lowest BCUT2D eigenvalue weighted by atomic mass is 9.97. The van der Waals surface area contributed by atoms with Crippen molar-refractivity contribution < 1.29 is 4.92 Å². The van der Waals surface area contributed by atoms with Crippen molar-refractivity contribution in [2.75, 3.05) is 11.5 Å². The molecule has 0 aliphatic heterocycles. The summed E-state index contributed by atoms with van der Waals surface area (Å²) >= 11 is 0. The molecule has 3 rings (SSSR count). The first-order valence-corrected chi connectivity index (χ1v) is 6.56. The van der Waals surface area contributed by atoms with Crippen molar-refractivity contribution in [1.29, 1.82) is 5.26 Å². The number of nitrogens with two attached hydrogens (primary N) is 2. The second-order valence-corrected chi connectivity index (χ2v) is 4.82. The van der Waals surface area contributed by atoms with Gasteiger partial charge in [0.2, 0.25) is 5.95 Å². The Balaban J connectivity index is 2.51. The van der Waals surface area contributed by atoms with E-state index in [1.54, 1.807) is 0 Å². The summed E-state index contributed by atoms with van der Waals surface area (Å²) in [5.41, 5.74) is 10.7. The van der Waals surface area contributed by atoms with Gasteiger partial charge in [-0.05, 0) is 5.56 Å². The van der Waals surface area contributed by atoms with Gasteiger partial charge >= 0.3 is 0 Å². The number of nitriles is 1. The third-order valence-corrected chi connectivity index (χ3v) is 3.36. The lowest BCUT2D eigenvalue weighted by molar-refractivity contribution is -0.384. The highest BCUT2D eigenvalue weighted by Crippen LogP contribution is 2.33. The molecule has 10 heteroatoms. The van der Waals surface area contributed by atoms with Crippen LogP contribution in [0.1, 0.15) is 5.56 Å². The van der Waals surface area contributed by atoms with Gasteiger partial charge < -0.3 is 11.5 Å². The van der Waals surface area contributed by atoms with E-state index in [1.807, 2.05) is 6.07 Å². The van der Waals surface area contributed by atoms with Gasteiger partial charge in [0, 0.05) is 17.7 Å². The summed E-state index contributed by atoms with van der Waals surface area (Å²) in [5.74, 6) is -0.307. The molecule has 2 heterocycles. The fraction of sp³-hybridized carbons (Fsp3) is 0. The van der Waals surface area contributed by atoms with Crippen LogP contribution in [0.25, 0.3) is 22.2 Å². The van der Waals surface area contributed by atoms with Gasteiger partial charge in [-0.2, -0.15) is 10.2 Å². The summed E-state index contributed by atoms with van der Waals surface area (Å²) in [4.78, 5) is 32.8. The monoisotopic (exact) mass is 323 g/mol. The van der Waals surface area contributed by atoms with Crippen molar-refractivity contribution in [2.45, 2.75) is 0 Å². The van der Waals surface area contributed by atoms with Crippen LogP contribution in [-0.2, 0) is 0 Å². The first-order chi connectivity index (χ1) is 11.4. The van der Waals surface area contributed by atoms with Crippen molar-refractivity contribution in [3.05, 3.63) is 50.3 Å². The average molecular weight is 323 g/mol. The molecule has 24 heavy (non-hydrogen) atoms. The van der Waals surface area contributed by atoms with Gasteiger partial charge in [-0.25, -0.2) is 4.98 Å². The lowest BCUT2D eigenvalue weighted by Crippen LogP contribution is -2.15. The molecule has 1 aromatic carbocycles. The van der Waals surface area contributed by atoms with E-state index in [2.05, 4.69) is 15.0 Å². The molecule has 0 saturated heterocycles. The fourth-order valence-corrected chi connectivity index (χ4v) is 2.38. The van der Waals surface area contributed by atoms with Crippen molar-refractivity contribution >= 4 is 28.5 Å². The Bertz CT molecular complexity index is 1100. The number of non-ortho nitro benzene ring substituents is 1. The van der Waals surface area contributed by atoms with E-state index in [1.165, 1.54) is 24.3 Å². The number of aromatic nitrogens is 3. The molecular formula is C14H9N7O3. The van der Waals surface area contributed by atoms with E-state index in [0.29, 0.717) is 0 Å². The highest BCUT2D eigenvalue weighted by molar-refractivity contribution is 5.98. The van der Waals surface area contributed by atoms with Gasteiger partial charge in [-0.3, -0.25) is 19.9 Å². The maximum absolute atomic E-state index is 12.3. The summed E-state index contributed by atoms with van der Waals surface area (Å²) in [5, 5.41) is 20.4. The summed E-state index contributed by atoms with van der Waals surface area (Å²) in [6, 6.07) is 7.38. The fourth-order valence-electron chi connectivity index (χ4n) is 2.38. The number of hydrogen-bond donors (Lipinski definition) is 3. The van der Waals surface area contributed by atoms with Crippen molar-refractivity contribution in [2.24, 2.45) is 0 Å². The number of H-pyrrole nitrogens is 1. The maximum atomic E-state index is 12.3. The second-order valence-electron chi connectivity index (χ2n) is 4.82. The predicted octanol–water partition coefficient (Wildman–Crippen LogP) is 0.929. The number of anilines is 2. The van der Waals surface area contributed by atoms with Crippen LogP contribution in [0.15, 0.2) is 29.1 Å². The Morgan fingerprint density at radius 3 is 2.71 bits per heavy atom. The van der Waals surface area contributed by atoms with Crippen LogP contribution >= 0.6 is 0 Å². The van der Waals surface area contributed by atoms with Gasteiger partial charge in [-0.1, -0.05) is 12.1 Å². The molecule has 0 bridgehead atoms. The van der Waals surface area contributed by atoms with E-state index in [0.717, 1.165) is 0 Å². The van der Waals surface area contributed by atoms with Gasteiger partial charge in [-0.15, -0.1) is 0 Å². The normalized spacial score (nSPS) is 10.5. The molecule has 0 aliphatic rings. The van der Waals surface area contributed by atoms with E-state index < -0.39 is 10.5 Å². The molecule has 0 atom stereocenters. The number of nitrogens with one attached hydrogen (secondary N) is 1. The van der Waals surface area contributed by atoms with Gasteiger partial charge in [0.25, 0.3) is 11.2 Å². The average Bonchev–Trinajstić information content (AvgIpc) is 2.53. The molecular weight excluding hydrogens is 314 g/mol. The van der Waals surface area contributed by atoms with Crippen LogP contribution in [0.2, 0.25) is 0 Å². The smallest absolute Gasteiger partial charge is 0.270 e. The van der Waals surface area contributed by atoms with Crippen molar-refractivity contribution in [3.63, 3.8) is 0 Å². The number of nitrogens with zero attached hydrogens (tertiary/aromatic N) is 4. The van der Waals surface area contributed by atoms with Gasteiger partial charge in [0.1, 0.15) is 17.5 Å². The van der Waals surface area contributed by atoms with Crippen LogP contribution in [0.3, 0.4) is 0 Å². The van der Waals surface area contributed by atoms with E-state index >= 15 is 0 Å². The Hall–Kier alpha value is -4.00. The molecule has 0 radical (unpaired) electrons. The predicted molar refractivity (Wildman–Crippen MR) is 85.8 cm³/mol. The van der Waals surface area contributed by atoms with E-state index in [-0.39, 0.29) is 45.2 Å².